The third kappa shape index (κ3) is 4.96. The summed E-state index contributed by atoms with van der Waals surface area (Å²) in [6.45, 7) is 2.65. The molecule has 4 rings (SSSR count). The van der Waals surface area contributed by atoms with Gasteiger partial charge in [-0.25, -0.2) is 12.7 Å². The molecule has 3 heterocycles. The molecule has 1 aromatic heterocycles. The van der Waals surface area contributed by atoms with Crippen LogP contribution in [0.5, 0.6) is 0 Å². The summed E-state index contributed by atoms with van der Waals surface area (Å²) in [6.07, 6.45) is 8.70. The number of H-pyrrole nitrogens is 1. The van der Waals surface area contributed by atoms with E-state index in [4.69, 9.17) is 5.73 Å². The van der Waals surface area contributed by atoms with Gasteiger partial charge < -0.3 is 10.6 Å². The third-order valence-electron chi connectivity index (χ3n) is 6.87. The van der Waals surface area contributed by atoms with E-state index in [9.17, 15) is 18.0 Å². The van der Waals surface area contributed by atoms with E-state index in [1.165, 1.54) is 6.26 Å². The normalized spacial score (nSPS) is 19.5. The first-order valence-corrected chi connectivity index (χ1v) is 12.9. The lowest BCUT2D eigenvalue weighted by molar-refractivity contribution is -0.129. The zero-order valence-corrected chi connectivity index (χ0v) is 19.1. The lowest BCUT2D eigenvalue weighted by atomic mass is 9.79. The van der Waals surface area contributed by atoms with Gasteiger partial charge in [0.1, 0.15) is 0 Å². The summed E-state index contributed by atoms with van der Waals surface area (Å²) in [5.41, 5.74) is 7.30. The molecule has 2 aromatic rings. The molecule has 2 fully saturated rings. The topological polar surface area (TPSA) is 129 Å². The minimum absolute atomic E-state index is 0.00302. The Labute approximate surface area is 188 Å². The van der Waals surface area contributed by atoms with Crippen molar-refractivity contribution in [2.75, 3.05) is 32.4 Å². The molecule has 0 atom stereocenters. The van der Waals surface area contributed by atoms with Gasteiger partial charge in [-0.05, 0) is 61.6 Å². The first-order chi connectivity index (χ1) is 15.2. The number of nitrogens with zero attached hydrogens (tertiary/aromatic N) is 3. The summed E-state index contributed by atoms with van der Waals surface area (Å²) < 4.78 is 25.0. The molecule has 10 heteroatoms. The van der Waals surface area contributed by atoms with Crippen molar-refractivity contribution in [2.24, 2.45) is 17.6 Å². The second-order valence-electron chi connectivity index (χ2n) is 8.91. The predicted octanol–water partition coefficient (Wildman–Crippen LogP) is 1.32. The zero-order chi connectivity index (χ0) is 22.9. The Kier molecular flexibility index (Phi) is 6.52. The Balaban J connectivity index is 1.27. The van der Waals surface area contributed by atoms with Gasteiger partial charge in [0.25, 0.3) is 5.91 Å². The van der Waals surface area contributed by atoms with Crippen molar-refractivity contribution in [1.29, 1.82) is 0 Å². The van der Waals surface area contributed by atoms with Crippen LogP contribution >= 0.6 is 0 Å². The largest absolute Gasteiger partial charge is 0.366 e. The number of nitrogens with one attached hydrogen (secondary N) is 1. The number of hydrogen-bond acceptors (Lipinski definition) is 5. The molecule has 0 spiro atoms. The summed E-state index contributed by atoms with van der Waals surface area (Å²) in [5.74, 6) is 0.547. The van der Waals surface area contributed by atoms with E-state index in [0.717, 1.165) is 49.7 Å². The smallest absolute Gasteiger partial charge is 0.250 e. The number of fused-ring (bicyclic) bond motifs is 1. The number of primary amides is 1. The molecule has 32 heavy (non-hydrogen) atoms. The van der Waals surface area contributed by atoms with Crippen molar-refractivity contribution in [3.8, 4) is 0 Å². The van der Waals surface area contributed by atoms with Crippen molar-refractivity contribution >= 4 is 32.7 Å². The van der Waals surface area contributed by atoms with E-state index in [-0.39, 0.29) is 5.91 Å². The number of aromatic nitrogens is 2. The first kappa shape index (κ1) is 22.7. The number of likely N-dealkylation sites (tertiary alicyclic amines) is 1. The Morgan fingerprint density at radius 3 is 2.34 bits per heavy atom. The maximum absolute atomic E-state index is 12.7. The van der Waals surface area contributed by atoms with Crippen molar-refractivity contribution in [3.05, 3.63) is 35.9 Å². The molecule has 3 N–H and O–H groups in total. The molecule has 0 aliphatic carbocycles. The molecular weight excluding hydrogens is 430 g/mol. The van der Waals surface area contributed by atoms with Gasteiger partial charge in [-0.15, -0.1) is 0 Å². The van der Waals surface area contributed by atoms with Gasteiger partial charge in [0.15, 0.2) is 0 Å². The Morgan fingerprint density at radius 1 is 1.12 bits per heavy atom. The van der Waals surface area contributed by atoms with Crippen molar-refractivity contribution in [1.82, 2.24) is 19.4 Å². The molecule has 0 unspecified atom stereocenters. The lowest BCUT2D eigenvalue weighted by Gasteiger charge is -2.39. The van der Waals surface area contributed by atoms with E-state index in [1.807, 2.05) is 11.0 Å². The number of aromatic amines is 1. The third-order valence-corrected chi connectivity index (χ3v) is 8.18. The van der Waals surface area contributed by atoms with Gasteiger partial charge in [0, 0.05) is 31.6 Å². The SMILES string of the molecule is CS(=O)(=O)N1CCC(C2CCN(C(=O)[CH]Cc3cc(C(N)=O)c4[nH]ncc4c3)CC2)CC1. The van der Waals surface area contributed by atoms with Gasteiger partial charge in [0.05, 0.1) is 30.0 Å². The molecule has 2 aliphatic heterocycles. The van der Waals surface area contributed by atoms with E-state index in [2.05, 4.69) is 10.2 Å². The molecular formula is C22H30N5O4S. The minimum Gasteiger partial charge on any atom is -0.366 e. The Bertz CT molecular complexity index is 1100. The van der Waals surface area contributed by atoms with Gasteiger partial charge in [-0.3, -0.25) is 14.7 Å². The standard InChI is InChI=1S/C22H30N5O4S/c1-32(30,31)27-10-6-17(7-11-27)16-4-8-26(9-5-16)20(28)3-2-15-12-18-14-24-25-21(18)19(13-15)22(23)29/h3,12-14,16-17H,2,4-11H2,1H3,(H2,23,29)(H,24,25). The van der Waals surface area contributed by atoms with Crippen LogP contribution in [0.15, 0.2) is 18.3 Å². The Hall–Kier alpha value is -2.46. The number of carbonyl (C=O) groups excluding carboxylic acids is 2. The van der Waals surface area contributed by atoms with Crippen molar-refractivity contribution < 1.29 is 18.0 Å². The van der Waals surface area contributed by atoms with Crippen LogP contribution in [0.2, 0.25) is 0 Å². The highest BCUT2D eigenvalue weighted by molar-refractivity contribution is 7.88. The molecule has 2 amide bonds. The molecule has 2 saturated heterocycles. The fourth-order valence-corrected chi connectivity index (χ4v) is 5.91. The van der Waals surface area contributed by atoms with Gasteiger partial charge >= 0.3 is 0 Å². The molecule has 1 aromatic carbocycles. The van der Waals surface area contributed by atoms with Crippen LogP contribution in [-0.2, 0) is 21.2 Å². The summed E-state index contributed by atoms with van der Waals surface area (Å²) >= 11 is 0. The number of hydrogen-bond donors (Lipinski definition) is 2. The lowest BCUT2D eigenvalue weighted by Crippen LogP contribution is -2.44. The Morgan fingerprint density at radius 2 is 1.75 bits per heavy atom. The number of amides is 2. The van der Waals surface area contributed by atoms with Crippen LogP contribution in [0.25, 0.3) is 10.9 Å². The van der Waals surface area contributed by atoms with E-state index in [0.29, 0.717) is 42.4 Å². The monoisotopic (exact) mass is 460 g/mol. The maximum Gasteiger partial charge on any atom is 0.250 e. The molecule has 0 saturated carbocycles. The average Bonchev–Trinajstić information content (AvgIpc) is 3.25. The van der Waals surface area contributed by atoms with Crippen LogP contribution in [0.4, 0.5) is 0 Å². The van der Waals surface area contributed by atoms with Crippen molar-refractivity contribution in [2.45, 2.75) is 32.1 Å². The van der Waals surface area contributed by atoms with Gasteiger partial charge in [-0.1, -0.05) is 0 Å². The number of nitrogens with two attached hydrogens (primary N) is 1. The van der Waals surface area contributed by atoms with Crippen LogP contribution in [0.3, 0.4) is 0 Å². The number of piperidine rings is 2. The quantitative estimate of drug-likeness (QED) is 0.672. The molecule has 0 bridgehead atoms. The van der Waals surface area contributed by atoms with Crippen LogP contribution in [0, 0.1) is 18.3 Å². The molecule has 173 valence electrons. The molecule has 9 nitrogen and oxygen atoms in total. The van der Waals surface area contributed by atoms with Gasteiger partial charge in [0.2, 0.25) is 15.9 Å². The molecule has 1 radical (unpaired) electrons. The number of sulfonamides is 1. The number of carbonyl (C=O) groups is 2. The summed E-state index contributed by atoms with van der Waals surface area (Å²) in [7, 11) is -3.10. The van der Waals surface area contributed by atoms with Crippen LogP contribution in [0.1, 0.15) is 41.6 Å². The zero-order valence-electron chi connectivity index (χ0n) is 18.3. The number of rotatable bonds is 6. The van der Waals surface area contributed by atoms with E-state index >= 15 is 0 Å². The second-order valence-corrected chi connectivity index (χ2v) is 10.9. The molecule has 2 aliphatic rings. The van der Waals surface area contributed by atoms with E-state index < -0.39 is 15.9 Å². The maximum atomic E-state index is 12.7. The number of benzene rings is 1. The van der Waals surface area contributed by atoms with Gasteiger partial charge in [-0.2, -0.15) is 5.10 Å². The average molecular weight is 461 g/mol. The summed E-state index contributed by atoms with van der Waals surface area (Å²) in [5, 5.41) is 7.54. The predicted molar refractivity (Wildman–Crippen MR) is 121 cm³/mol. The second kappa shape index (κ2) is 9.19. The highest BCUT2D eigenvalue weighted by Crippen LogP contribution is 2.33. The van der Waals surface area contributed by atoms with Crippen LogP contribution < -0.4 is 5.73 Å². The summed E-state index contributed by atoms with van der Waals surface area (Å²) in [4.78, 5) is 26.3. The van der Waals surface area contributed by atoms with Crippen molar-refractivity contribution in [3.63, 3.8) is 0 Å². The fourth-order valence-electron chi connectivity index (χ4n) is 5.04. The highest BCUT2D eigenvalue weighted by Gasteiger charge is 2.32. The first-order valence-electron chi connectivity index (χ1n) is 11.1. The van der Waals surface area contributed by atoms with E-state index in [1.54, 1.807) is 23.0 Å². The highest BCUT2D eigenvalue weighted by atomic mass is 32.2. The van der Waals surface area contributed by atoms with Crippen LogP contribution in [-0.4, -0.2) is 72.1 Å². The minimum atomic E-state index is -3.10. The fraction of sp³-hybridized carbons (Fsp3) is 0.545. The summed E-state index contributed by atoms with van der Waals surface area (Å²) in [6, 6.07) is 3.62.